The Balaban J connectivity index is 1.86. The molecule has 2 amide bonds. The first-order chi connectivity index (χ1) is 10.3. The number of carbonyl (C=O) groups excluding carboxylic acids is 1. The Kier molecular flexibility index (Phi) is 4.34. The highest BCUT2D eigenvalue weighted by molar-refractivity contribution is 5.88. The van der Waals surface area contributed by atoms with E-state index in [1.165, 1.54) is 0 Å². The number of urea groups is 1. The summed E-state index contributed by atoms with van der Waals surface area (Å²) in [4.78, 5) is 17.7. The summed E-state index contributed by atoms with van der Waals surface area (Å²) < 4.78 is 6.80. The highest BCUT2D eigenvalue weighted by Gasteiger charge is 2.15. The van der Waals surface area contributed by atoms with Crippen molar-refractivity contribution in [1.82, 2.24) is 25.2 Å². The van der Waals surface area contributed by atoms with E-state index in [1.807, 2.05) is 34.9 Å². The topological polar surface area (TPSA) is 101 Å². The van der Waals surface area contributed by atoms with Gasteiger partial charge in [-0.25, -0.2) is 4.79 Å². The van der Waals surface area contributed by atoms with Crippen molar-refractivity contribution in [1.29, 1.82) is 0 Å². The molecule has 0 unspecified atom stereocenters. The molecule has 2 aromatic rings. The molecule has 0 atom stereocenters. The Bertz CT molecular complexity index is 639. The van der Waals surface area contributed by atoms with E-state index in [0.717, 1.165) is 0 Å². The van der Waals surface area contributed by atoms with Crippen LogP contribution in [0.5, 0.6) is 0 Å². The van der Waals surface area contributed by atoms with Gasteiger partial charge in [-0.3, -0.25) is 4.68 Å². The number of carbonyl (C=O) groups is 1. The minimum absolute atomic E-state index is 0.136. The van der Waals surface area contributed by atoms with Gasteiger partial charge in [0.2, 0.25) is 5.89 Å². The van der Waals surface area contributed by atoms with Crippen LogP contribution in [-0.4, -0.2) is 40.0 Å². The molecule has 22 heavy (non-hydrogen) atoms. The number of amides is 2. The predicted molar refractivity (Wildman–Crippen MR) is 81.7 cm³/mol. The standard InChI is InChI=1S/C13H21N7O2/c1-13(2,3)20-8-9(6-15-20)16-12(21)14-7-10-17-11(18-22-10)19(4)5/h6,8H,7H2,1-5H3,(H2,14,16,21). The molecule has 0 fully saturated rings. The Morgan fingerprint density at radius 1 is 1.41 bits per heavy atom. The monoisotopic (exact) mass is 307 g/mol. The van der Waals surface area contributed by atoms with Crippen LogP contribution < -0.4 is 15.5 Å². The van der Waals surface area contributed by atoms with Crippen molar-refractivity contribution in [2.45, 2.75) is 32.9 Å². The van der Waals surface area contributed by atoms with Gasteiger partial charge in [0.15, 0.2) is 0 Å². The molecule has 0 aromatic carbocycles. The highest BCUT2D eigenvalue weighted by atomic mass is 16.5. The molecule has 9 nitrogen and oxygen atoms in total. The van der Waals surface area contributed by atoms with Crippen LogP contribution in [0.4, 0.5) is 16.4 Å². The second kappa shape index (κ2) is 6.04. The molecule has 2 rings (SSSR count). The van der Waals surface area contributed by atoms with Crippen LogP contribution in [0.2, 0.25) is 0 Å². The van der Waals surface area contributed by atoms with Gasteiger partial charge in [-0.05, 0) is 25.9 Å². The summed E-state index contributed by atoms with van der Waals surface area (Å²) in [5.74, 6) is 0.799. The third-order valence-electron chi connectivity index (χ3n) is 2.79. The molecule has 0 aliphatic rings. The maximum absolute atomic E-state index is 11.8. The first-order valence-corrected chi connectivity index (χ1v) is 6.85. The van der Waals surface area contributed by atoms with Crippen LogP contribution in [0.15, 0.2) is 16.9 Å². The average Bonchev–Trinajstić information content (AvgIpc) is 3.04. The summed E-state index contributed by atoms with van der Waals surface area (Å²) in [5.41, 5.74) is 0.481. The van der Waals surface area contributed by atoms with Gasteiger partial charge in [-0.1, -0.05) is 0 Å². The van der Waals surface area contributed by atoms with Gasteiger partial charge in [-0.15, -0.1) is 0 Å². The Morgan fingerprint density at radius 3 is 2.68 bits per heavy atom. The quantitative estimate of drug-likeness (QED) is 0.885. The zero-order chi connectivity index (χ0) is 16.3. The van der Waals surface area contributed by atoms with E-state index in [4.69, 9.17) is 4.52 Å². The van der Waals surface area contributed by atoms with Crippen LogP contribution in [0, 0.1) is 0 Å². The molecule has 0 saturated heterocycles. The van der Waals surface area contributed by atoms with E-state index in [-0.39, 0.29) is 18.1 Å². The summed E-state index contributed by atoms with van der Waals surface area (Å²) in [6, 6.07) is -0.363. The summed E-state index contributed by atoms with van der Waals surface area (Å²) >= 11 is 0. The number of anilines is 2. The number of aromatic nitrogens is 4. The summed E-state index contributed by atoms with van der Waals surface area (Å²) in [7, 11) is 3.61. The number of hydrogen-bond acceptors (Lipinski definition) is 6. The van der Waals surface area contributed by atoms with E-state index in [0.29, 0.717) is 17.5 Å². The lowest BCUT2D eigenvalue weighted by Crippen LogP contribution is -2.28. The van der Waals surface area contributed by atoms with Crippen molar-refractivity contribution in [2.75, 3.05) is 24.3 Å². The molecule has 2 aromatic heterocycles. The molecule has 9 heteroatoms. The van der Waals surface area contributed by atoms with E-state index in [1.54, 1.807) is 22.0 Å². The highest BCUT2D eigenvalue weighted by Crippen LogP contribution is 2.15. The normalized spacial score (nSPS) is 11.3. The van der Waals surface area contributed by atoms with Gasteiger partial charge in [0.25, 0.3) is 5.95 Å². The second-order valence-corrected chi connectivity index (χ2v) is 6.03. The number of nitrogens with one attached hydrogen (secondary N) is 2. The summed E-state index contributed by atoms with van der Waals surface area (Å²) in [5, 5.41) is 13.3. The van der Waals surface area contributed by atoms with Gasteiger partial charge in [0.05, 0.1) is 24.0 Å². The van der Waals surface area contributed by atoms with Gasteiger partial charge in [0, 0.05) is 20.3 Å². The van der Waals surface area contributed by atoms with Crippen LogP contribution in [-0.2, 0) is 12.1 Å². The Labute approximate surface area is 128 Å². The summed E-state index contributed by atoms with van der Waals surface area (Å²) in [6.07, 6.45) is 3.37. The van der Waals surface area contributed by atoms with E-state index < -0.39 is 0 Å². The van der Waals surface area contributed by atoms with Crippen molar-refractivity contribution in [3.8, 4) is 0 Å². The molecule has 0 spiro atoms. The molecular formula is C13H21N7O2. The minimum atomic E-state index is -0.363. The zero-order valence-electron chi connectivity index (χ0n) is 13.4. The second-order valence-electron chi connectivity index (χ2n) is 6.03. The largest absolute Gasteiger partial charge is 0.344 e. The molecule has 2 heterocycles. The lowest BCUT2D eigenvalue weighted by atomic mass is 10.1. The van der Waals surface area contributed by atoms with Crippen LogP contribution in [0.1, 0.15) is 26.7 Å². The third-order valence-corrected chi connectivity index (χ3v) is 2.79. The molecule has 0 saturated carbocycles. The van der Waals surface area contributed by atoms with E-state index >= 15 is 0 Å². The first kappa shape index (κ1) is 15.8. The lowest BCUT2D eigenvalue weighted by Gasteiger charge is -2.18. The van der Waals surface area contributed by atoms with E-state index in [9.17, 15) is 4.79 Å². The van der Waals surface area contributed by atoms with Crippen LogP contribution in [0.3, 0.4) is 0 Å². The average molecular weight is 307 g/mol. The first-order valence-electron chi connectivity index (χ1n) is 6.85. The van der Waals surface area contributed by atoms with Gasteiger partial charge in [-0.2, -0.15) is 10.1 Å². The molecule has 0 radical (unpaired) electrons. The van der Waals surface area contributed by atoms with Gasteiger partial charge < -0.3 is 20.1 Å². The van der Waals surface area contributed by atoms with Gasteiger partial charge in [0.1, 0.15) is 0 Å². The van der Waals surface area contributed by atoms with Crippen molar-refractivity contribution in [2.24, 2.45) is 0 Å². The van der Waals surface area contributed by atoms with Crippen LogP contribution in [0.25, 0.3) is 0 Å². The summed E-state index contributed by atoms with van der Waals surface area (Å²) in [6.45, 7) is 6.24. The maximum atomic E-state index is 11.8. The van der Waals surface area contributed by atoms with Crippen molar-refractivity contribution >= 4 is 17.7 Å². The van der Waals surface area contributed by atoms with E-state index in [2.05, 4.69) is 25.9 Å². The van der Waals surface area contributed by atoms with Crippen molar-refractivity contribution in [3.63, 3.8) is 0 Å². The molecule has 0 aliphatic heterocycles. The number of rotatable bonds is 4. The molecule has 120 valence electrons. The minimum Gasteiger partial charge on any atom is -0.344 e. The van der Waals surface area contributed by atoms with Crippen molar-refractivity contribution in [3.05, 3.63) is 18.3 Å². The zero-order valence-corrected chi connectivity index (χ0v) is 13.4. The third kappa shape index (κ3) is 3.96. The fourth-order valence-corrected chi connectivity index (χ4v) is 1.58. The predicted octanol–water partition coefficient (Wildman–Crippen LogP) is 1.41. The smallest absolute Gasteiger partial charge is 0.319 e. The van der Waals surface area contributed by atoms with Crippen molar-refractivity contribution < 1.29 is 9.32 Å². The molecule has 0 aliphatic carbocycles. The number of nitrogens with zero attached hydrogens (tertiary/aromatic N) is 5. The fourth-order valence-electron chi connectivity index (χ4n) is 1.58. The maximum Gasteiger partial charge on any atom is 0.319 e. The lowest BCUT2D eigenvalue weighted by molar-refractivity contribution is 0.249. The van der Waals surface area contributed by atoms with Gasteiger partial charge >= 0.3 is 6.03 Å². The van der Waals surface area contributed by atoms with Crippen LogP contribution >= 0.6 is 0 Å². The Hall–Kier alpha value is -2.58. The molecule has 0 bridgehead atoms. The number of hydrogen-bond donors (Lipinski definition) is 2. The molecule has 2 N–H and O–H groups in total. The Morgan fingerprint density at radius 2 is 2.14 bits per heavy atom. The molecular weight excluding hydrogens is 286 g/mol. The SMILES string of the molecule is CN(C)c1noc(CNC(=O)Nc2cnn(C(C)(C)C)c2)n1. The fraction of sp³-hybridized carbons (Fsp3) is 0.538.